The molecule has 0 aliphatic rings. The second-order valence-electron chi connectivity index (χ2n) is 4.95. The second kappa shape index (κ2) is 11.1. The van der Waals surface area contributed by atoms with E-state index in [1.165, 1.54) is 11.1 Å². The van der Waals surface area contributed by atoms with Gasteiger partial charge in [0.2, 0.25) is 0 Å². The average Bonchev–Trinajstić information content (AvgIpc) is 2.49. The van der Waals surface area contributed by atoms with Gasteiger partial charge in [0, 0.05) is 26.3 Å². The van der Waals surface area contributed by atoms with E-state index in [2.05, 4.69) is 53.7 Å². The largest absolute Gasteiger partial charge is 0.382 e. The molecule has 4 nitrogen and oxygen atoms in total. The first kappa shape index (κ1) is 17.5. The van der Waals surface area contributed by atoms with Gasteiger partial charge in [-0.2, -0.15) is 0 Å². The highest BCUT2D eigenvalue weighted by atomic mass is 16.5. The summed E-state index contributed by atoms with van der Waals surface area (Å²) >= 11 is 0. The summed E-state index contributed by atoms with van der Waals surface area (Å²) in [4.78, 5) is 4.64. The molecule has 1 aromatic rings. The van der Waals surface area contributed by atoms with Crippen LogP contribution in [0.2, 0.25) is 0 Å². The zero-order valence-corrected chi connectivity index (χ0v) is 13.6. The maximum Gasteiger partial charge on any atom is 0.191 e. The fraction of sp³-hybridized carbons (Fsp3) is 0.588. The Morgan fingerprint density at radius 3 is 2.67 bits per heavy atom. The van der Waals surface area contributed by atoms with Crippen LogP contribution in [-0.4, -0.2) is 32.3 Å². The van der Waals surface area contributed by atoms with Crippen molar-refractivity contribution in [3.63, 3.8) is 0 Å². The molecule has 21 heavy (non-hydrogen) atoms. The summed E-state index contributed by atoms with van der Waals surface area (Å²) in [5, 5.41) is 6.65. The number of hydrogen-bond donors (Lipinski definition) is 2. The highest BCUT2D eigenvalue weighted by Crippen LogP contribution is 2.07. The molecule has 0 amide bonds. The van der Waals surface area contributed by atoms with Gasteiger partial charge in [0.1, 0.15) is 0 Å². The van der Waals surface area contributed by atoms with Crippen molar-refractivity contribution in [2.75, 3.05) is 26.3 Å². The smallest absolute Gasteiger partial charge is 0.191 e. The van der Waals surface area contributed by atoms with Crippen LogP contribution in [0.1, 0.15) is 37.8 Å². The van der Waals surface area contributed by atoms with Crippen molar-refractivity contribution in [2.45, 2.75) is 40.2 Å². The number of ether oxygens (including phenoxy) is 1. The molecule has 0 bridgehead atoms. The second-order valence-corrected chi connectivity index (χ2v) is 4.95. The summed E-state index contributed by atoms with van der Waals surface area (Å²) in [5.41, 5.74) is 2.56. The van der Waals surface area contributed by atoms with E-state index in [1.54, 1.807) is 0 Å². The van der Waals surface area contributed by atoms with Gasteiger partial charge in [-0.15, -0.1) is 0 Å². The van der Waals surface area contributed by atoms with Gasteiger partial charge in [-0.25, -0.2) is 4.99 Å². The Hall–Kier alpha value is -1.55. The Labute approximate surface area is 129 Å². The van der Waals surface area contributed by atoms with Crippen LogP contribution >= 0.6 is 0 Å². The van der Waals surface area contributed by atoms with Gasteiger partial charge in [-0.05, 0) is 44.7 Å². The van der Waals surface area contributed by atoms with Crippen molar-refractivity contribution in [3.05, 3.63) is 35.4 Å². The van der Waals surface area contributed by atoms with Gasteiger partial charge in [-0.3, -0.25) is 0 Å². The molecule has 0 fully saturated rings. The van der Waals surface area contributed by atoms with Crippen LogP contribution < -0.4 is 10.6 Å². The van der Waals surface area contributed by atoms with Crippen LogP contribution in [0.3, 0.4) is 0 Å². The van der Waals surface area contributed by atoms with Gasteiger partial charge in [-0.1, -0.05) is 24.3 Å². The van der Waals surface area contributed by atoms with E-state index in [0.717, 1.165) is 45.1 Å². The number of nitrogens with one attached hydrogen (secondary N) is 2. The molecule has 0 aliphatic heterocycles. The average molecular weight is 291 g/mol. The topological polar surface area (TPSA) is 45.7 Å². The number of hydrogen-bond acceptors (Lipinski definition) is 2. The third kappa shape index (κ3) is 7.71. The van der Waals surface area contributed by atoms with Crippen LogP contribution in [0, 0.1) is 6.92 Å². The summed E-state index contributed by atoms with van der Waals surface area (Å²) in [6.45, 7) is 10.4. The molecule has 0 heterocycles. The van der Waals surface area contributed by atoms with E-state index in [9.17, 15) is 0 Å². The Balaban J connectivity index is 2.38. The molecule has 0 aromatic heterocycles. The van der Waals surface area contributed by atoms with E-state index in [0.29, 0.717) is 6.54 Å². The standard InChI is InChI=1S/C17H29N3O/c1-4-18-17(19-12-8-9-13-21-5-2)20-14-16-11-7-6-10-15(16)3/h6-7,10-11H,4-5,8-9,12-14H2,1-3H3,(H2,18,19,20). The summed E-state index contributed by atoms with van der Waals surface area (Å²) < 4.78 is 5.33. The van der Waals surface area contributed by atoms with Crippen LogP contribution in [0.25, 0.3) is 0 Å². The van der Waals surface area contributed by atoms with E-state index >= 15 is 0 Å². The Morgan fingerprint density at radius 1 is 1.14 bits per heavy atom. The van der Waals surface area contributed by atoms with Crippen LogP contribution in [-0.2, 0) is 11.3 Å². The summed E-state index contributed by atoms with van der Waals surface area (Å²) in [6.07, 6.45) is 2.17. The SMILES string of the molecule is CCNC(=NCc1ccccc1C)NCCCCOCC. The Bertz CT molecular complexity index is 418. The monoisotopic (exact) mass is 291 g/mol. The molecule has 0 atom stereocenters. The maximum atomic E-state index is 5.33. The van der Waals surface area contributed by atoms with Crippen molar-refractivity contribution < 1.29 is 4.74 Å². The van der Waals surface area contributed by atoms with E-state index in [1.807, 2.05) is 6.92 Å². The van der Waals surface area contributed by atoms with E-state index in [-0.39, 0.29) is 0 Å². The van der Waals surface area contributed by atoms with Crippen molar-refractivity contribution in [3.8, 4) is 0 Å². The molecule has 118 valence electrons. The number of benzene rings is 1. The predicted molar refractivity (Wildman–Crippen MR) is 89.7 cm³/mol. The lowest BCUT2D eigenvalue weighted by Gasteiger charge is -2.11. The minimum atomic E-state index is 0.709. The molecular formula is C17H29N3O. The Morgan fingerprint density at radius 2 is 1.95 bits per heavy atom. The van der Waals surface area contributed by atoms with E-state index in [4.69, 9.17) is 4.74 Å². The molecule has 0 unspecified atom stereocenters. The summed E-state index contributed by atoms with van der Waals surface area (Å²) in [5.74, 6) is 0.886. The van der Waals surface area contributed by atoms with Gasteiger partial charge in [0.25, 0.3) is 0 Å². The number of nitrogens with zero attached hydrogens (tertiary/aromatic N) is 1. The van der Waals surface area contributed by atoms with Gasteiger partial charge in [0.05, 0.1) is 6.54 Å². The third-order valence-electron chi connectivity index (χ3n) is 3.23. The highest BCUT2D eigenvalue weighted by molar-refractivity contribution is 5.79. The molecule has 0 saturated heterocycles. The first-order chi connectivity index (χ1) is 10.3. The van der Waals surface area contributed by atoms with Gasteiger partial charge in [0.15, 0.2) is 5.96 Å². The number of rotatable bonds is 9. The van der Waals surface area contributed by atoms with Crippen molar-refractivity contribution in [1.82, 2.24) is 10.6 Å². The molecule has 4 heteroatoms. The summed E-state index contributed by atoms with van der Waals surface area (Å²) in [7, 11) is 0. The molecule has 0 radical (unpaired) electrons. The molecule has 1 rings (SSSR count). The zero-order chi connectivity index (χ0) is 15.3. The fourth-order valence-electron chi connectivity index (χ4n) is 1.97. The zero-order valence-electron chi connectivity index (χ0n) is 13.6. The van der Waals surface area contributed by atoms with Crippen LogP contribution in [0.4, 0.5) is 0 Å². The van der Waals surface area contributed by atoms with E-state index < -0.39 is 0 Å². The van der Waals surface area contributed by atoms with Crippen LogP contribution in [0.15, 0.2) is 29.3 Å². The lowest BCUT2D eigenvalue weighted by atomic mass is 10.1. The van der Waals surface area contributed by atoms with Gasteiger partial charge < -0.3 is 15.4 Å². The number of guanidine groups is 1. The molecule has 1 aromatic carbocycles. The lowest BCUT2D eigenvalue weighted by molar-refractivity contribution is 0.143. The predicted octanol–water partition coefficient (Wildman–Crippen LogP) is 2.87. The molecule has 0 spiro atoms. The highest BCUT2D eigenvalue weighted by Gasteiger charge is 1.99. The molecule has 2 N–H and O–H groups in total. The molecule has 0 saturated carbocycles. The minimum Gasteiger partial charge on any atom is -0.382 e. The number of unbranched alkanes of at least 4 members (excludes halogenated alkanes) is 1. The van der Waals surface area contributed by atoms with Crippen molar-refractivity contribution in [1.29, 1.82) is 0 Å². The third-order valence-corrected chi connectivity index (χ3v) is 3.23. The van der Waals surface area contributed by atoms with Crippen molar-refractivity contribution in [2.24, 2.45) is 4.99 Å². The Kier molecular flexibility index (Phi) is 9.29. The first-order valence-corrected chi connectivity index (χ1v) is 7.92. The minimum absolute atomic E-state index is 0.709. The quantitative estimate of drug-likeness (QED) is 0.418. The first-order valence-electron chi connectivity index (χ1n) is 7.92. The lowest BCUT2D eigenvalue weighted by Crippen LogP contribution is -2.37. The van der Waals surface area contributed by atoms with Crippen LogP contribution in [0.5, 0.6) is 0 Å². The summed E-state index contributed by atoms with van der Waals surface area (Å²) in [6, 6.07) is 8.37. The normalized spacial score (nSPS) is 11.5. The number of aryl methyl sites for hydroxylation is 1. The maximum absolute atomic E-state index is 5.33. The number of aliphatic imine (C=N–C) groups is 1. The fourth-order valence-corrected chi connectivity index (χ4v) is 1.97. The molecular weight excluding hydrogens is 262 g/mol. The van der Waals surface area contributed by atoms with Crippen molar-refractivity contribution >= 4 is 5.96 Å². The van der Waals surface area contributed by atoms with Gasteiger partial charge >= 0.3 is 0 Å². The molecule has 0 aliphatic carbocycles.